The van der Waals surface area contributed by atoms with Crippen LogP contribution in [0.3, 0.4) is 0 Å². The monoisotopic (exact) mass is 242 g/mol. The van der Waals surface area contributed by atoms with Gasteiger partial charge in [0, 0.05) is 21.2 Å². The van der Waals surface area contributed by atoms with Crippen molar-refractivity contribution in [1.82, 2.24) is 0 Å². The molecular formula is C11H15ClN2S. The van der Waals surface area contributed by atoms with Crippen LogP contribution in [-0.4, -0.2) is 11.6 Å². The molecule has 15 heavy (non-hydrogen) atoms. The standard InChI is InChI=1S/C11H15ClN2S/c1-7(2)6-15-10-5-8(12)3-4-9(10)11(13)14/h3-5,7H,6H2,1-2H3,(H3,13,14). The second-order valence-corrected chi connectivity index (χ2v) is 5.26. The minimum Gasteiger partial charge on any atom is -0.384 e. The molecule has 0 unspecified atom stereocenters. The molecule has 1 rings (SSSR count). The Morgan fingerprint density at radius 2 is 2.20 bits per heavy atom. The number of benzene rings is 1. The molecule has 4 heteroatoms. The van der Waals surface area contributed by atoms with Crippen molar-refractivity contribution in [2.24, 2.45) is 11.7 Å². The van der Waals surface area contributed by atoms with E-state index in [9.17, 15) is 0 Å². The fourth-order valence-corrected chi connectivity index (χ4v) is 2.39. The van der Waals surface area contributed by atoms with E-state index >= 15 is 0 Å². The summed E-state index contributed by atoms with van der Waals surface area (Å²) >= 11 is 7.60. The molecule has 3 N–H and O–H groups in total. The third kappa shape index (κ3) is 3.76. The Morgan fingerprint density at radius 1 is 1.53 bits per heavy atom. The van der Waals surface area contributed by atoms with Gasteiger partial charge in [0.25, 0.3) is 0 Å². The summed E-state index contributed by atoms with van der Waals surface area (Å²) in [5.74, 6) is 1.70. The maximum absolute atomic E-state index is 7.45. The minimum atomic E-state index is 0.0953. The lowest BCUT2D eigenvalue weighted by molar-refractivity contribution is 0.750. The first kappa shape index (κ1) is 12.4. The molecule has 0 aromatic heterocycles. The average Bonchev–Trinajstić information content (AvgIpc) is 2.14. The molecule has 0 radical (unpaired) electrons. The Balaban J connectivity index is 2.92. The summed E-state index contributed by atoms with van der Waals surface area (Å²) in [6.45, 7) is 4.32. The highest BCUT2D eigenvalue weighted by atomic mass is 35.5. The zero-order chi connectivity index (χ0) is 11.4. The van der Waals surface area contributed by atoms with Crippen molar-refractivity contribution in [2.75, 3.05) is 5.75 Å². The van der Waals surface area contributed by atoms with E-state index in [1.807, 2.05) is 6.07 Å². The van der Waals surface area contributed by atoms with Gasteiger partial charge in [0.05, 0.1) is 0 Å². The lowest BCUT2D eigenvalue weighted by atomic mass is 10.2. The van der Waals surface area contributed by atoms with Crippen LogP contribution in [0, 0.1) is 11.3 Å². The van der Waals surface area contributed by atoms with Crippen LogP contribution in [0.4, 0.5) is 0 Å². The summed E-state index contributed by atoms with van der Waals surface area (Å²) in [6, 6.07) is 5.43. The molecule has 0 saturated carbocycles. The van der Waals surface area contributed by atoms with Crippen LogP contribution in [-0.2, 0) is 0 Å². The van der Waals surface area contributed by atoms with Gasteiger partial charge in [-0.15, -0.1) is 11.8 Å². The molecule has 0 aliphatic heterocycles. The van der Waals surface area contributed by atoms with Crippen molar-refractivity contribution in [3.05, 3.63) is 28.8 Å². The summed E-state index contributed by atoms with van der Waals surface area (Å²) in [4.78, 5) is 0.990. The summed E-state index contributed by atoms with van der Waals surface area (Å²) in [7, 11) is 0. The van der Waals surface area contributed by atoms with Crippen molar-refractivity contribution in [1.29, 1.82) is 5.41 Å². The number of halogens is 1. The zero-order valence-corrected chi connectivity index (χ0v) is 10.5. The molecule has 0 aliphatic rings. The Kier molecular flexibility index (Phi) is 4.48. The Bertz CT molecular complexity index is 364. The fraction of sp³-hybridized carbons (Fsp3) is 0.364. The molecule has 0 atom stereocenters. The van der Waals surface area contributed by atoms with E-state index in [-0.39, 0.29) is 5.84 Å². The van der Waals surface area contributed by atoms with Crippen molar-refractivity contribution in [2.45, 2.75) is 18.7 Å². The van der Waals surface area contributed by atoms with Gasteiger partial charge in [0.1, 0.15) is 5.84 Å². The number of hydrogen-bond acceptors (Lipinski definition) is 2. The lowest BCUT2D eigenvalue weighted by Gasteiger charge is -2.09. The molecule has 0 aliphatic carbocycles. The van der Waals surface area contributed by atoms with Crippen LogP contribution in [0.5, 0.6) is 0 Å². The summed E-state index contributed by atoms with van der Waals surface area (Å²) in [6.07, 6.45) is 0. The molecular weight excluding hydrogens is 228 g/mol. The number of nitrogen functional groups attached to an aromatic ring is 1. The predicted molar refractivity (Wildman–Crippen MR) is 68.0 cm³/mol. The highest BCUT2D eigenvalue weighted by molar-refractivity contribution is 7.99. The number of hydrogen-bond donors (Lipinski definition) is 2. The van der Waals surface area contributed by atoms with Gasteiger partial charge in [-0.25, -0.2) is 0 Å². The molecule has 1 aromatic rings. The molecule has 0 heterocycles. The molecule has 2 nitrogen and oxygen atoms in total. The van der Waals surface area contributed by atoms with E-state index in [1.54, 1.807) is 23.9 Å². The number of nitrogens with one attached hydrogen (secondary N) is 1. The number of nitrogens with two attached hydrogens (primary N) is 1. The van der Waals surface area contributed by atoms with E-state index in [0.717, 1.165) is 16.2 Å². The van der Waals surface area contributed by atoms with Gasteiger partial charge in [0.15, 0.2) is 0 Å². The van der Waals surface area contributed by atoms with E-state index in [2.05, 4.69) is 13.8 Å². The first-order chi connectivity index (χ1) is 7.00. The van der Waals surface area contributed by atoms with Crippen molar-refractivity contribution >= 4 is 29.2 Å². The first-order valence-corrected chi connectivity index (χ1v) is 6.14. The molecule has 0 amide bonds. The van der Waals surface area contributed by atoms with Gasteiger partial charge in [-0.3, -0.25) is 5.41 Å². The predicted octanol–water partition coefficient (Wildman–Crippen LogP) is 3.37. The Hall–Kier alpha value is -0.670. The second kappa shape index (κ2) is 5.42. The van der Waals surface area contributed by atoms with E-state index in [1.165, 1.54) is 0 Å². The van der Waals surface area contributed by atoms with E-state index in [0.29, 0.717) is 10.9 Å². The second-order valence-electron chi connectivity index (χ2n) is 3.76. The lowest BCUT2D eigenvalue weighted by Crippen LogP contribution is -2.12. The quantitative estimate of drug-likeness (QED) is 0.483. The minimum absolute atomic E-state index is 0.0953. The number of thioether (sulfide) groups is 1. The van der Waals surface area contributed by atoms with Crippen molar-refractivity contribution in [3.63, 3.8) is 0 Å². The van der Waals surface area contributed by atoms with Gasteiger partial charge < -0.3 is 5.73 Å². The average molecular weight is 243 g/mol. The summed E-state index contributed by atoms with van der Waals surface area (Å²) < 4.78 is 0. The third-order valence-corrected chi connectivity index (χ3v) is 3.52. The van der Waals surface area contributed by atoms with Gasteiger partial charge in [-0.1, -0.05) is 25.4 Å². The van der Waals surface area contributed by atoms with Crippen LogP contribution >= 0.6 is 23.4 Å². The van der Waals surface area contributed by atoms with Crippen LogP contribution in [0.15, 0.2) is 23.1 Å². The third-order valence-electron chi connectivity index (χ3n) is 1.81. The van der Waals surface area contributed by atoms with Crippen LogP contribution in [0.25, 0.3) is 0 Å². The van der Waals surface area contributed by atoms with Gasteiger partial charge in [-0.05, 0) is 24.1 Å². The van der Waals surface area contributed by atoms with Gasteiger partial charge in [0.2, 0.25) is 0 Å². The largest absolute Gasteiger partial charge is 0.384 e. The Labute approximate surface area is 99.7 Å². The van der Waals surface area contributed by atoms with E-state index < -0.39 is 0 Å². The highest BCUT2D eigenvalue weighted by Gasteiger charge is 2.07. The molecule has 0 saturated heterocycles. The maximum Gasteiger partial charge on any atom is 0.123 e. The highest BCUT2D eigenvalue weighted by Crippen LogP contribution is 2.27. The van der Waals surface area contributed by atoms with E-state index in [4.69, 9.17) is 22.7 Å². The SMILES string of the molecule is CC(C)CSc1cc(Cl)ccc1C(=N)N. The fourth-order valence-electron chi connectivity index (χ4n) is 1.09. The molecule has 1 aromatic carbocycles. The van der Waals surface area contributed by atoms with Crippen molar-refractivity contribution < 1.29 is 0 Å². The molecule has 0 spiro atoms. The van der Waals surface area contributed by atoms with Crippen LogP contribution in [0.2, 0.25) is 5.02 Å². The van der Waals surface area contributed by atoms with Gasteiger partial charge in [-0.2, -0.15) is 0 Å². The van der Waals surface area contributed by atoms with Crippen LogP contribution in [0.1, 0.15) is 19.4 Å². The molecule has 0 fully saturated rings. The normalized spacial score (nSPS) is 10.7. The smallest absolute Gasteiger partial charge is 0.123 e. The molecule has 82 valence electrons. The maximum atomic E-state index is 7.45. The topological polar surface area (TPSA) is 49.9 Å². The van der Waals surface area contributed by atoms with Gasteiger partial charge >= 0.3 is 0 Å². The molecule has 0 bridgehead atoms. The van der Waals surface area contributed by atoms with Crippen LogP contribution < -0.4 is 5.73 Å². The van der Waals surface area contributed by atoms with Crippen molar-refractivity contribution in [3.8, 4) is 0 Å². The Morgan fingerprint density at radius 3 is 2.73 bits per heavy atom. The first-order valence-electron chi connectivity index (χ1n) is 4.77. The summed E-state index contributed by atoms with van der Waals surface area (Å²) in [5.41, 5.74) is 6.27. The zero-order valence-electron chi connectivity index (χ0n) is 8.88. The number of rotatable bonds is 4. The summed E-state index contributed by atoms with van der Waals surface area (Å²) in [5, 5.41) is 8.14. The number of amidine groups is 1.